The average molecular weight is 471 g/mol. The molecule has 0 spiro atoms. The predicted octanol–water partition coefficient (Wildman–Crippen LogP) is 4.26. The van der Waals surface area contributed by atoms with Crippen molar-refractivity contribution in [2.24, 2.45) is 0 Å². The van der Waals surface area contributed by atoms with Crippen LogP contribution in [0.4, 0.5) is 11.4 Å². The summed E-state index contributed by atoms with van der Waals surface area (Å²) in [5.41, 5.74) is 1.44. The fourth-order valence-corrected chi connectivity index (χ4v) is 4.80. The third-order valence-electron chi connectivity index (χ3n) is 5.01. The van der Waals surface area contributed by atoms with Crippen molar-refractivity contribution in [1.29, 1.82) is 0 Å². The zero-order chi connectivity index (χ0) is 22.7. The Labute approximate surface area is 191 Å². The molecule has 7 nitrogen and oxygen atoms in total. The molecule has 32 heavy (non-hydrogen) atoms. The van der Waals surface area contributed by atoms with E-state index in [1.807, 2.05) is 6.26 Å². The number of rotatable bonds is 6. The van der Waals surface area contributed by atoms with Crippen molar-refractivity contribution in [3.8, 4) is 11.5 Å². The summed E-state index contributed by atoms with van der Waals surface area (Å²) in [6, 6.07) is 18.3. The first-order valence-corrected chi connectivity index (χ1v) is 12.5. The fraction of sp³-hybridized carbons (Fsp3) is 0.174. The highest BCUT2D eigenvalue weighted by Gasteiger charge is 2.21. The summed E-state index contributed by atoms with van der Waals surface area (Å²) >= 11 is 1.54. The van der Waals surface area contributed by atoms with E-state index in [4.69, 9.17) is 9.47 Å². The van der Waals surface area contributed by atoms with Crippen LogP contribution in [0.3, 0.4) is 0 Å². The van der Waals surface area contributed by atoms with Crippen molar-refractivity contribution in [2.75, 3.05) is 36.1 Å². The second kappa shape index (κ2) is 9.13. The summed E-state index contributed by atoms with van der Waals surface area (Å²) in [7, 11) is -2.22. The topological polar surface area (TPSA) is 84.9 Å². The summed E-state index contributed by atoms with van der Waals surface area (Å²) < 4.78 is 38.1. The van der Waals surface area contributed by atoms with Crippen molar-refractivity contribution < 1.29 is 22.7 Å². The predicted molar refractivity (Wildman–Crippen MR) is 126 cm³/mol. The van der Waals surface area contributed by atoms with E-state index in [9.17, 15) is 13.2 Å². The van der Waals surface area contributed by atoms with E-state index in [-0.39, 0.29) is 10.8 Å². The number of nitrogens with one attached hydrogen (secondary N) is 1. The van der Waals surface area contributed by atoms with E-state index in [1.54, 1.807) is 78.5 Å². The van der Waals surface area contributed by atoms with Crippen molar-refractivity contribution in [1.82, 2.24) is 0 Å². The number of thioether (sulfide) groups is 1. The number of ether oxygens (including phenoxy) is 2. The maximum absolute atomic E-state index is 12.9. The first-order chi connectivity index (χ1) is 15.4. The van der Waals surface area contributed by atoms with Gasteiger partial charge < -0.3 is 14.8 Å². The Balaban J connectivity index is 1.47. The molecule has 0 atom stereocenters. The zero-order valence-corrected chi connectivity index (χ0v) is 19.2. The van der Waals surface area contributed by atoms with Gasteiger partial charge in [-0.1, -0.05) is 0 Å². The Morgan fingerprint density at radius 1 is 0.938 bits per heavy atom. The summed E-state index contributed by atoms with van der Waals surface area (Å²) in [6.45, 7) is 0.961. The molecule has 9 heteroatoms. The Bertz CT molecular complexity index is 1230. The van der Waals surface area contributed by atoms with Crippen LogP contribution < -0.4 is 19.1 Å². The Kier molecular flexibility index (Phi) is 6.29. The van der Waals surface area contributed by atoms with Gasteiger partial charge in [0.05, 0.1) is 10.6 Å². The lowest BCUT2D eigenvalue weighted by Crippen LogP contribution is -2.26. The molecule has 0 saturated carbocycles. The van der Waals surface area contributed by atoms with Gasteiger partial charge in [0.25, 0.3) is 15.9 Å². The van der Waals surface area contributed by atoms with Gasteiger partial charge in [-0.2, -0.15) is 0 Å². The number of sulfonamides is 1. The molecule has 1 N–H and O–H groups in total. The Morgan fingerprint density at radius 3 is 2.25 bits per heavy atom. The van der Waals surface area contributed by atoms with E-state index in [2.05, 4.69) is 5.32 Å². The molecule has 3 aromatic carbocycles. The molecular formula is C23H22N2O5S2. The smallest absolute Gasteiger partial charge is 0.264 e. The van der Waals surface area contributed by atoms with E-state index in [1.165, 1.54) is 11.4 Å². The number of fused-ring (bicyclic) bond motifs is 1. The Hall–Kier alpha value is -3.17. The third kappa shape index (κ3) is 4.53. The van der Waals surface area contributed by atoms with E-state index in [0.29, 0.717) is 41.7 Å². The van der Waals surface area contributed by atoms with Gasteiger partial charge >= 0.3 is 0 Å². The molecule has 166 valence electrons. The zero-order valence-electron chi connectivity index (χ0n) is 17.6. The molecule has 4 rings (SSSR count). The van der Waals surface area contributed by atoms with Gasteiger partial charge in [-0.3, -0.25) is 9.10 Å². The van der Waals surface area contributed by atoms with Gasteiger partial charge in [-0.05, 0) is 66.9 Å². The largest absolute Gasteiger partial charge is 0.486 e. The van der Waals surface area contributed by atoms with Crippen molar-refractivity contribution >= 4 is 39.1 Å². The van der Waals surface area contributed by atoms with Gasteiger partial charge in [-0.15, -0.1) is 11.8 Å². The number of amides is 1. The molecule has 0 radical (unpaired) electrons. The van der Waals surface area contributed by atoms with Gasteiger partial charge in [0.1, 0.15) is 13.2 Å². The summed E-state index contributed by atoms with van der Waals surface area (Å²) in [4.78, 5) is 13.8. The first kappa shape index (κ1) is 22.0. The average Bonchev–Trinajstić information content (AvgIpc) is 2.83. The van der Waals surface area contributed by atoms with E-state index < -0.39 is 10.0 Å². The molecule has 0 aliphatic carbocycles. The molecule has 0 bridgehead atoms. The number of anilines is 2. The quantitative estimate of drug-likeness (QED) is 0.542. The second-order valence-corrected chi connectivity index (χ2v) is 9.86. The molecule has 1 aliphatic rings. The number of nitrogens with zero attached hydrogens (tertiary/aromatic N) is 1. The minimum Gasteiger partial charge on any atom is -0.486 e. The lowest BCUT2D eigenvalue weighted by Gasteiger charge is -2.20. The van der Waals surface area contributed by atoms with Gasteiger partial charge in [0.2, 0.25) is 0 Å². The van der Waals surface area contributed by atoms with Crippen LogP contribution in [0.15, 0.2) is 76.5 Å². The summed E-state index contributed by atoms with van der Waals surface area (Å²) in [5, 5.41) is 2.82. The number of carbonyl (C=O) groups is 1. The molecule has 0 unspecified atom stereocenters. The number of hydrogen-bond acceptors (Lipinski definition) is 6. The highest BCUT2D eigenvalue weighted by atomic mass is 32.2. The van der Waals surface area contributed by atoms with Crippen LogP contribution in [-0.4, -0.2) is 40.8 Å². The van der Waals surface area contributed by atoms with E-state index in [0.717, 1.165) is 4.90 Å². The lowest BCUT2D eigenvalue weighted by molar-refractivity contribution is 0.102. The standard InChI is InChI=1S/C23H22N2O5S2/c1-25(32(27,28)20-10-8-19(31-2)9-11-20)18-6-3-16(4-7-18)23(26)24-17-5-12-21-22(15-17)30-14-13-29-21/h3-12,15H,13-14H2,1-2H3,(H,24,26). The lowest BCUT2D eigenvalue weighted by atomic mass is 10.2. The number of benzene rings is 3. The van der Waals surface area contributed by atoms with Gasteiger partial charge in [-0.25, -0.2) is 8.42 Å². The summed E-state index contributed by atoms with van der Waals surface area (Å²) in [6.07, 6.45) is 1.93. The Morgan fingerprint density at radius 2 is 1.59 bits per heavy atom. The highest BCUT2D eigenvalue weighted by molar-refractivity contribution is 7.98. The molecular weight excluding hydrogens is 448 g/mol. The molecule has 0 fully saturated rings. The third-order valence-corrected chi connectivity index (χ3v) is 7.55. The van der Waals surface area contributed by atoms with Crippen LogP contribution in [0, 0.1) is 0 Å². The van der Waals surface area contributed by atoms with Crippen LogP contribution in [-0.2, 0) is 10.0 Å². The molecule has 1 aliphatic heterocycles. The highest BCUT2D eigenvalue weighted by Crippen LogP contribution is 2.33. The van der Waals surface area contributed by atoms with Crippen LogP contribution in [0.5, 0.6) is 11.5 Å². The van der Waals surface area contributed by atoms with Crippen LogP contribution in [0.1, 0.15) is 10.4 Å². The van der Waals surface area contributed by atoms with Gasteiger partial charge in [0.15, 0.2) is 11.5 Å². The fourth-order valence-electron chi connectivity index (χ4n) is 3.19. The maximum Gasteiger partial charge on any atom is 0.264 e. The molecule has 1 heterocycles. The monoisotopic (exact) mass is 470 g/mol. The normalized spacial score (nSPS) is 12.8. The molecule has 3 aromatic rings. The SMILES string of the molecule is CSc1ccc(S(=O)(=O)N(C)c2ccc(C(=O)Nc3ccc4c(c3)OCCO4)cc2)cc1. The minimum atomic E-state index is -3.71. The molecule has 1 amide bonds. The second-order valence-electron chi connectivity index (χ2n) is 7.01. The summed E-state index contributed by atoms with van der Waals surface area (Å²) in [5.74, 6) is 0.916. The number of hydrogen-bond donors (Lipinski definition) is 1. The maximum atomic E-state index is 12.9. The van der Waals surface area contributed by atoms with Crippen LogP contribution in [0.25, 0.3) is 0 Å². The first-order valence-electron chi connectivity index (χ1n) is 9.82. The van der Waals surface area contributed by atoms with E-state index >= 15 is 0 Å². The van der Waals surface area contributed by atoms with Crippen molar-refractivity contribution in [3.05, 3.63) is 72.3 Å². The molecule has 0 saturated heterocycles. The van der Waals surface area contributed by atoms with Crippen molar-refractivity contribution in [2.45, 2.75) is 9.79 Å². The van der Waals surface area contributed by atoms with Crippen molar-refractivity contribution in [3.63, 3.8) is 0 Å². The number of carbonyl (C=O) groups excluding carboxylic acids is 1. The van der Waals surface area contributed by atoms with Crippen LogP contribution >= 0.6 is 11.8 Å². The molecule has 0 aromatic heterocycles. The van der Waals surface area contributed by atoms with Crippen LogP contribution in [0.2, 0.25) is 0 Å². The minimum absolute atomic E-state index is 0.207. The van der Waals surface area contributed by atoms with Gasteiger partial charge in [0, 0.05) is 29.3 Å².